The molecule has 0 saturated carbocycles. The number of carbonyl (C=O) groups is 1. The second-order valence-corrected chi connectivity index (χ2v) is 6.83. The zero-order valence-corrected chi connectivity index (χ0v) is 16.1. The van der Waals surface area contributed by atoms with E-state index in [0.29, 0.717) is 11.3 Å². The number of halogens is 1. The summed E-state index contributed by atoms with van der Waals surface area (Å²) in [7, 11) is 0. The van der Waals surface area contributed by atoms with Gasteiger partial charge in [0.1, 0.15) is 11.4 Å². The molecule has 1 amide bonds. The number of aromatic nitrogens is 1. The number of hydrogen-bond donors (Lipinski definition) is 2. The summed E-state index contributed by atoms with van der Waals surface area (Å²) in [6, 6.07) is 27.2. The van der Waals surface area contributed by atoms with Gasteiger partial charge in [-0.2, -0.15) is 0 Å². The van der Waals surface area contributed by atoms with Crippen molar-refractivity contribution in [3.63, 3.8) is 0 Å². The van der Waals surface area contributed by atoms with E-state index < -0.39 is 17.3 Å². The minimum atomic E-state index is -0.550. The molecule has 0 spiro atoms. The van der Waals surface area contributed by atoms with Gasteiger partial charge in [-0.25, -0.2) is 4.39 Å². The maximum Gasteiger partial charge on any atom is 0.261 e. The van der Waals surface area contributed by atoms with Crippen LogP contribution in [0.2, 0.25) is 0 Å². The maximum atomic E-state index is 13.7. The van der Waals surface area contributed by atoms with Crippen molar-refractivity contribution in [3.8, 4) is 22.4 Å². The molecule has 0 aliphatic carbocycles. The Morgan fingerprint density at radius 1 is 0.767 bits per heavy atom. The number of benzene rings is 3. The third kappa shape index (κ3) is 4.20. The van der Waals surface area contributed by atoms with Crippen molar-refractivity contribution >= 4 is 5.91 Å². The molecule has 0 aliphatic heterocycles. The fourth-order valence-corrected chi connectivity index (χ4v) is 3.21. The highest BCUT2D eigenvalue weighted by molar-refractivity contribution is 5.94. The topological polar surface area (TPSA) is 62.0 Å². The molecule has 5 heteroatoms. The van der Waals surface area contributed by atoms with E-state index in [9.17, 15) is 14.0 Å². The normalized spacial score (nSPS) is 10.6. The van der Waals surface area contributed by atoms with E-state index in [-0.39, 0.29) is 12.1 Å². The van der Waals surface area contributed by atoms with Crippen LogP contribution in [-0.4, -0.2) is 10.9 Å². The summed E-state index contributed by atoms with van der Waals surface area (Å²) in [5.74, 6) is -0.952. The van der Waals surface area contributed by atoms with Crippen LogP contribution in [0.15, 0.2) is 95.8 Å². The van der Waals surface area contributed by atoms with Crippen LogP contribution in [0.25, 0.3) is 22.4 Å². The first-order valence-corrected chi connectivity index (χ1v) is 9.52. The zero-order valence-electron chi connectivity index (χ0n) is 16.1. The minimum absolute atomic E-state index is 0.00759. The van der Waals surface area contributed by atoms with Crippen LogP contribution in [0.4, 0.5) is 4.39 Å². The number of H-pyrrole nitrogens is 1. The van der Waals surface area contributed by atoms with Gasteiger partial charge in [-0.3, -0.25) is 9.59 Å². The van der Waals surface area contributed by atoms with Crippen LogP contribution in [-0.2, 0) is 6.54 Å². The van der Waals surface area contributed by atoms with E-state index in [2.05, 4.69) is 10.3 Å². The van der Waals surface area contributed by atoms with E-state index in [0.717, 1.165) is 16.7 Å². The molecule has 0 fully saturated rings. The first kappa shape index (κ1) is 19.3. The Hall–Kier alpha value is -3.99. The third-order valence-corrected chi connectivity index (χ3v) is 4.85. The van der Waals surface area contributed by atoms with Crippen LogP contribution >= 0.6 is 0 Å². The quantitative estimate of drug-likeness (QED) is 0.508. The van der Waals surface area contributed by atoms with E-state index in [1.165, 1.54) is 12.1 Å². The van der Waals surface area contributed by atoms with Gasteiger partial charge < -0.3 is 10.3 Å². The molecule has 4 aromatic rings. The van der Waals surface area contributed by atoms with E-state index in [1.807, 2.05) is 54.6 Å². The molecule has 30 heavy (non-hydrogen) atoms. The first-order chi connectivity index (χ1) is 14.6. The van der Waals surface area contributed by atoms with Crippen LogP contribution in [0.1, 0.15) is 15.9 Å². The molecule has 0 saturated heterocycles. The van der Waals surface area contributed by atoms with Gasteiger partial charge in [0.2, 0.25) is 0 Å². The summed E-state index contributed by atoms with van der Waals surface area (Å²) in [5.41, 5.74) is 3.49. The highest BCUT2D eigenvalue weighted by Gasteiger charge is 2.12. The number of rotatable bonds is 5. The maximum absolute atomic E-state index is 13.7. The second kappa shape index (κ2) is 8.57. The van der Waals surface area contributed by atoms with Crippen LogP contribution in [0.5, 0.6) is 0 Å². The largest absolute Gasteiger partial charge is 0.348 e. The van der Waals surface area contributed by atoms with E-state index in [4.69, 9.17) is 0 Å². The van der Waals surface area contributed by atoms with Crippen LogP contribution < -0.4 is 10.9 Å². The van der Waals surface area contributed by atoms with Crippen LogP contribution in [0.3, 0.4) is 0 Å². The van der Waals surface area contributed by atoms with E-state index >= 15 is 0 Å². The molecule has 1 aromatic heterocycles. The van der Waals surface area contributed by atoms with Gasteiger partial charge in [0.25, 0.3) is 11.5 Å². The van der Waals surface area contributed by atoms with Crippen molar-refractivity contribution in [3.05, 3.63) is 118 Å². The molecule has 0 unspecified atom stereocenters. The highest BCUT2D eigenvalue weighted by Crippen LogP contribution is 2.23. The molecule has 148 valence electrons. The summed E-state index contributed by atoms with van der Waals surface area (Å²) in [6.45, 7) is 0.00759. The average molecular weight is 398 g/mol. The fourth-order valence-electron chi connectivity index (χ4n) is 3.21. The number of pyridine rings is 1. The van der Waals surface area contributed by atoms with Gasteiger partial charge in [-0.15, -0.1) is 0 Å². The number of aromatic amines is 1. The summed E-state index contributed by atoms with van der Waals surface area (Å²) in [4.78, 5) is 27.5. The summed E-state index contributed by atoms with van der Waals surface area (Å²) in [5, 5.41) is 2.58. The van der Waals surface area contributed by atoms with Gasteiger partial charge in [0.05, 0.1) is 0 Å². The Morgan fingerprint density at radius 2 is 1.40 bits per heavy atom. The average Bonchev–Trinajstić information content (AvgIpc) is 2.79. The van der Waals surface area contributed by atoms with Crippen molar-refractivity contribution in [2.24, 2.45) is 0 Å². The smallest absolute Gasteiger partial charge is 0.261 e. The van der Waals surface area contributed by atoms with Crippen molar-refractivity contribution in [2.45, 2.75) is 6.54 Å². The molecule has 0 bridgehead atoms. The molecule has 4 rings (SSSR count). The Balaban J connectivity index is 1.49. The zero-order chi connectivity index (χ0) is 20.9. The van der Waals surface area contributed by atoms with Crippen molar-refractivity contribution < 1.29 is 9.18 Å². The Morgan fingerprint density at radius 3 is 2.10 bits per heavy atom. The van der Waals surface area contributed by atoms with Gasteiger partial charge in [-0.05, 0) is 34.9 Å². The predicted octanol–water partition coefficient (Wildman–Crippen LogP) is 4.78. The van der Waals surface area contributed by atoms with Gasteiger partial charge in [0.15, 0.2) is 0 Å². The highest BCUT2D eigenvalue weighted by atomic mass is 19.1. The lowest BCUT2D eigenvalue weighted by Gasteiger charge is -2.08. The summed E-state index contributed by atoms with van der Waals surface area (Å²) < 4.78 is 13.7. The lowest BCUT2D eigenvalue weighted by molar-refractivity contribution is 0.0949. The number of nitrogens with one attached hydrogen (secondary N) is 2. The summed E-state index contributed by atoms with van der Waals surface area (Å²) >= 11 is 0. The summed E-state index contributed by atoms with van der Waals surface area (Å²) in [6.07, 6.45) is 0. The number of hydrogen-bond acceptors (Lipinski definition) is 2. The molecule has 0 radical (unpaired) electrons. The van der Waals surface area contributed by atoms with Crippen molar-refractivity contribution in [1.29, 1.82) is 0 Å². The predicted molar refractivity (Wildman–Crippen MR) is 116 cm³/mol. The molecule has 4 nitrogen and oxygen atoms in total. The van der Waals surface area contributed by atoms with Crippen molar-refractivity contribution in [1.82, 2.24) is 10.3 Å². The molecule has 0 aliphatic rings. The van der Waals surface area contributed by atoms with Gasteiger partial charge in [0, 0.05) is 17.8 Å². The van der Waals surface area contributed by atoms with Gasteiger partial charge >= 0.3 is 0 Å². The Kier molecular flexibility index (Phi) is 5.52. The first-order valence-electron chi connectivity index (χ1n) is 9.52. The number of amides is 1. The standard InChI is InChI=1S/C25H19FN2O2/c26-22-9-5-4-8-20(22)16-27-24(29)21-14-15-23(28-25(21)30)19-12-10-18(11-13-19)17-6-2-1-3-7-17/h1-15H,16H2,(H,27,29)(H,28,30). The lowest BCUT2D eigenvalue weighted by Crippen LogP contribution is -2.29. The molecular formula is C25H19FN2O2. The van der Waals surface area contributed by atoms with Gasteiger partial charge in [-0.1, -0.05) is 72.8 Å². The van der Waals surface area contributed by atoms with Crippen molar-refractivity contribution in [2.75, 3.05) is 0 Å². The molecule has 0 atom stereocenters. The number of carbonyl (C=O) groups excluding carboxylic acids is 1. The van der Waals surface area contributed by atoms with Crippen LogP contribution in [0, 0.1) is 5.82 Å². The SMILES string of the molecule is O=C(NCc1ccccc1F)c1ccc(-c2ccc(-c3ccccc3)cc2)[nH]c1=O. The lowest BCUT2D eigenvalue weighted by atomic mass is 10.0. The third-order valence-electron chi connectivity index (χ3n) is 4.85. The molecule has 3 aromatic carbocycles. The molecule has 1 heterocycles. The minimum Gasteiger partial charge on any atom is -0.348 e. The molecular weight excluding hydrogens is 379 g/mol. The van der Waals surface area contributed by atoms with E-state index in [1.54, 1.807) is 24.3 Å². The Labute approximate surface area is 173 Å². The fraction of sp³-hybridized carbons (Fsp3) is 0.0400. The monoisotopic (exact) mass is 398 g/mol. The second-order valence-electron chi connectivity index (χ2n) is 6.83. The Bertz CT molecular complexity index is 1230. The molecule has 2 N–H and O–H groups in total.